The van der Waals surface area contributed by atoms with E-state index in [0.717, 1.165) is 11.3 Å². The number of hydrogen-bond donors (Lipinski definition) is 2. The van der Waals surface area contributed by atoms with Gasteiger partial charge in [0, 0.05) is 17.1 Å². The summed E-state index contributed by atoms with van der Waals surface area (Å²) in [7, 11) is 0.160. The molecule has 0 fully saturated rings. The second-order valence-electron chi connectivity index (χ2n) is 6.23. The highest BCUT2D eigenvalue weighted by Crippen LogP contribution is 2.14. The number of carbonyl (C=O) groups is 2. The molecule has 0 bridgehead atoms. The molecule has 0 saturated heterocycles. The van der Waals surface area contributed by atoms with E-state index in [1.807, 2.05) is 30.3 Å². The highest BCUT2D eigenvalue weighted by Gasteiger charge is 2.23. The lowest BCUT2D eigenvalue weighted by atomic mass is 10.2. The van der Waals surface area contributed by atoms with E-state index in [1.165, 1.54) is 0 Å². The van der Waals surface area contributed by atoms with Crippen LogP contribution in [-0.2, 0) is 27.0 Å². The van der Waals surface area contributed by atoms with Gasteiger partial charge < -0.3 is 15.4 Å². The Kier molecular flexibility index (Phi) is 8.48. The monoisotopic (exact) mass is 407 g/mol. The molecule has 7 heteroatoms. The van der Waals surface area contributed by atoms with Crippen LogP contribution >= 0.6 is 11.6 Å². The molecule has 27 heavy (non-hydrogen) atoms. The van der Waals surface area contributed by atoms with Gasteiger partial charge in [0.2, 0.25) is 5.91 Å². The van der Waals surface area contributed by atoms with Gasteiger partial charge in [-0.3, -0.25) is 4.79 Å². The van der Waals surface area contributed by atoms with Gasteiger partial charge >= 0.3 is 6.09 Å². The Morgan fingerprint density at radius 2 is 1.74 bits per heavy atom. The molecule has 0 unspecified atom stereocenters. The van der Waals surface area contributed by atoms with Gasteiger partial charge in [-0.1, -0.05) is 41.9 Å². The fourth-order valence-electron chi connectivity index (χ4n) is 2.29. The molecule has 2 aromatic rings. The van der Waals surface area contributed by atoms with Gasteiger partial charge in [0.15, 0.2) is 0 Å². The Hall–Kier alpha value is -2.18. The first-order valence-corrected chi connectivity index (χ1v) is 11.1. The van der Waals surface area contributed by atoms with Gasteiger partial charge in [0.25, 0.3) is 0 Å². The average Bonchev–Trinajstić information content (AvgIpc) is 2.66. The predicted molar refractivity (Wildman–Crippen MR) is 112 cm³/mol. The highest BCUT2D eigenvalue weighted by molar-refractivity contribution is 7.95. The second kappa shape index (κ2) is 10.8. The molecule has 2 rings (SSSR count). The number of hydrogen-bond acceptors (Lipinski definition) is 3. The van der Waals surface area contributed by atoms with Gasteiger partial charge in [-0.15, -0.1) is 0 Å². The van der Waals surface area contributed by atoms with E-state index in [9.17, 15) is 9.59 Å². The van der Waals surface area contributed by atoms with Crippen molar-refractivity contribution in [3.63, 3.8) is 0 Å². The van der Waals surface area contributed by atoms with Crippen LogP contribution in [-0.4, -0.2) is 36.3 Å². The molecule has 0 spiro atoms. The van der Waals surface area contributed by atoms with E-state index in [0.29, 0.717) is 17.1 Å². The number of halogens is 1. The van der Waals surface area contributed by atoms with Crippen molar-refractivity contribution in [2.45, 2.75) is 19.1 Å². The van der Waals surface area contributed by atoms with E-state index >= 15 is 0 Å². The zero-order chi connectivity index (χ0) is 19.6. The minimum absolute atomic E-state index is 0.157. The predicted octanol–water partition coefficient (Wildman–Crippen LogP) is 3.84. The molecule has 1 atom stereocenters. The molecule has 0 saturated carbocycles. The van der Waals surface area contributed by atoms with Crippen molar-refractivity contribution in [1.82, 2.24) is 5.32 Å². The molecule has 0 radical (unpaired) electrons. The molecule has 0 aromatic heterocycles. The standard InChI is InChI=1S/C20H23ClN2O3S/c1-27(2)13-12-18(19(24)22-17-10-8-16(21)9-11-17)23-20(25)26-14-15-6-4-3-5-7-15/h3-11,18H,12-14H2,1-2H3,(H-,22,23,24,25)/p+1/t18-/m1/s1. The first kappa shape index (κ1) is 21.1. The van der Waals surface area contributed by atoms with Crippen molar-refractivity contribution in [1.29, 1.82) is 0 Å². The quantitative estimate of drug-likeness (QED) is 0.653. The Labute approximate surface area is 167 Å². The van der Waals surface area contributed by atoms with Crippen LogP contribution in [0.4, 0.5) is 10.5 Å². The average molecular weight is 408 g/mol. The number of alkyl carbamates (subject to hydrolysis) is 1. The number of carbonyl (C=O) groups excluding carboxylic acids is 2. The molecule has 0 aliphatic rings. The third-order valence-corrected chi connectivity index (χ3v) is 5.05. The molecule has 2 amide bonds. The summed E-state index contributed by atoms with van der Waals surface area (Å²) >= 11 is 5.86. The normalized spacial score (nSPS) is 11.7. The first-order chi connectivity index (χ1) is 12.9. The number of benzene rings is 2. The third-order valence-electron chi connectivity index (χ3n) is 3.75. The Morgan fingerprint density at radius 1 is 1.07 bits per heavy atom. The van der Waals surface area contributed by atoms with Crippen molar-refractivity contribution < 1.29 is 14.3 Å². The maximum absolute atomic E-state index is 12.6. The summed E-state index contributed by atoms with van der Waals surface area (Å²) in [4.78, 5) is 24.8. The Morgan fingerprint density at radius 3 is 2.37 bits per heavy atom. The summed E-state index contributed by atoms with van der Waals surface area (Å²) in [6, 6.07) is 15.6. The fraction of sp³-hybridized carbons (Fsp3) is 0.300. The molecule has 2 aromatic carbocycles. The van der Waals surface area contributed by atoms with E-state index in [4.69, 9.17) is 16.3 Å². The summed E-state index contributed by atoms with van der Waals surface area (Å²) in [6.07, 6.45) is 4.13. The van der Waals surface area contributed by atoms with Gasteiger partial charge in [-0.05, 0) is 40.7 Å². The van der Waals surface area contributed by atoms with Crippen LogP contribution < -0.4 is 10.6 Å². The van der Waals surface area contributed by atoms with Crippen molar-refractivity contribution in [3.05, 3.63) is 65.2 Å². The third kappa shape index (κ3) is 7.93. The molecular formula is C20H24ClN2O3S+. The van der Waals surface area contributed by atoms with Crippen molar-refractivity contribution in [3.8, 4) is 0 Å². The van der Waals surface area contributed by atoms with E-state index in [2.05, 4.69) is 23.1 Å². The highest BCUT2D eigenvalue weighted by atomic mass is 35.5. The molecule has 2 N–H and O–H groups in total. The number of anilines is 1. The topological polar surface area (TPSA) is 67.4 Å². The van der Waals surface area contributed by atoms with Gasteiger partial charge in [0.05, 0.1) is 12.5 Å². The zero-order valence-corrected chi connectivity index (χ0v) is 17.0. The van der Waals surface area contributed by atoms with Crippen LogP contribution in [0.1, 0.15) is 12.0 Å². The lowest BCUT2D eigenvalue weighted by molar-refractivity contribution is -0.118. The number of ether oxygens (including phenoxy) is 1. The molecule has 144 valence electrons. The largest absolute Gasteiger partial charge is 0.445 e. The lowest BCUT2D eigenvalue weighted by Gasteiger charge is -2.18. The molecule has 5 nitrogen and oxygen atoms in total. The van der Waals surface area contributed by atoms with E-state index in [1.54, 1.807) is 24.3 Å². The molecular weight excluding hydrogens is 384 g/mol. The van der Waals surface area contributed by atoms with E-state index in [-0.39, 0.29) is 23.4 Å². The molecule has 0 aliphatic carbocycles. The number of amides is 2. The Bertz CT molecular complexity index is 739. The maximum atomic E-state index is 12.6. The summed E-state index contributed by atoms with van der Waals surface area (Å²) in [5.41, 5.74) is 1.51. The minimum atomic E-state index is -0.668. The van der Waals surface area contributed by atoms with E-state index < -0.39 is 12.1 Å². The number of nitrogens with one attached hydrogen (secondary N) is 2. The first-order valence-electron chi connectivity index (χ1n) is 8.52. The fourth-order valence-corrected chi connectivity index (χ4v) is 3.13. The van der Waals surface area contributed by atoms with Crippen LogP contribution in [0.25, 0.3) is 0 Å². The Balaban J connectivity index is 1.94. The van der Waals surface area contributed by atoms with Gasteiger partial charge in [-0.25, -0.2) is 4.79 Å². The van der Waals surface area contributed by atoms with Crippen LogP contribution in [0.3, 0.4) is 0 Å². The smallest absolute Gasteiger partial charge is 0.408 e. The number of rotatable bonds is 8. The van der Waals surface area contributed by atoms with Crippen LogP contribution in [0.15, 0.2) is 54.6 Å². The summed E-state index contributed by atoms with van der Waals surface area (Å²) < 4.78 is 5.24. The van der Waals surface area contributed by atoms with Gasteiger partial charge in [-0.2, -0.15) is 0 Å². The van der Waals surface area contributed by atoms with Crippen LogP contribution in [0, 0.1) is 0 Å². The van der Waals surface area contributed by atoms with Crippen molar-refractivity contribution >= 4 is 40.2 Å². The maximum Gasteiger partial charge on any atom is 0.408 e. The minimum Gasteiger partial charge on any atom is -0.445 e. The van der Waals surface area contributed by atoms with Crippen molar-refractivity contribution in [2.75, 3.05) is 23.6 Å². The van der Waals surface area contributed by atoms with Crippen LogP contribution in [0.2, 0.25) is 5.02 Å². The molecule has 0 heterocycles. The van der Waals surface area contributed by atoms with Gasteiger partial charge in [0.1, 0.15) is 18.4 Å². The van der Waals surface area contributed by atoms with Crippen molar-refractivity contribution in [2.24, 2.45) is 0 Å². The summed E-state index contributed by atoms with van der Waals surface area (Å²) in [6.45, 7) is 0.157. The SMILES string of the molecule is C[S+](C)CC[C@@H](NC(=O)OCc1ccccc1)C(=O)Nc1ccc(Cl)cc1. The second-order valence-corrected chi connectivity index (χ2v) is 9.05. The summed E-state index contributed by atoms with van der Waals surface area (Å²) in [5, 5.41) is 6.08. The molecule has 0 aliphatic heterocycles. The zero-order valence-electron chi connectivity index (χ0n) is 15.4. The van der Waals surface area contributed by atoms with Crippen LogP contribution in [0.5, 0.6) is 0 Å². The summed E-state index contributed by atoms with van der Waals surface area (Å²) in [5.74, 6) is 0.553. The lowest BCUT2D eigenvalue weighted by Crippen LogP contribution is -2.45.